The Morgan fingerprint density at radius 3 is 2.52 bits per heavy atom. The highest BCUT2D eigenvalue weighted by Gasteiger charge is 2.48. The third kappa shape index (κ3) is 2.47. The average Bonchev–Trinajstić information content (AvgIpc) is 3.09. The number of nitrogens with zero attached hydrogens (tertiary/aromatic N) is 1. The molecule has 8 nitrogen and oxygen atoms in total. The van der Waals surface area contributed by atoms with Gasteiger partial charge in [-0.1, -0.05) is 12.1 Å². The van der Waals surface area contributed by atoms with E-state index in [0.29, 0.717) is 0 Å². The highest BCUT2D eigenvalue weighted by atomic mass is 32.2. The fourth-order valence-electron chi connectivity index (χ4n) is 3.03. The molecule has 0 saturated heterocycles. The van der Waals surface area contributed by atoms with Crippen LogP contribution in [0.4, 0.5) is 5.69 Å². The molecule has 25 heavy (non-hydrogen) atoms. The number of fused-ring (bicyclic) bond motifs is 2. The zero-order valence-corrected chi connectivity index (χ0v) is 14.6. The molecule has 1 aliphatic rings. The summed E-state index contributed by atoms with van der Waals surface area (Å²) >= 11 is 0. The zero-order valence-electron chi connectivity index (χ0n) is 13.7. The molecule has 0 saturated carbocycles. The molecule has 9 heteroatoms. The Labute approximate surface area is 145 Å². The lowest BCUT2D eigenvalue weighted by Crippen LogP contribution is -2.52. The summed E-state index contributed by atoms with van der Waals surface area (Å²) in [6, 6.07) is 9.35. The Bertz CT molecular complexity index is 951. The molecule has 1 atom stereocenters. The molecule has 1 aromatic carbocycles. The van der Waals surface area contributed by atoms with E-state index in [9.17, 15) is 18.0 Å². The summed E-state index contributed by atoms with van der Waals surface area (Å²) in [5, 5.41) is 8.03. The number of anilines is 1. The minimum absolute atomic E-state index is 0.0372. The summed E-state index contributed by atoms with van der Waals surface area (Å²) < 4.78 is 27.1. The van der Waals surface area contributed by atoms with E-state index in [1.165, 1.54) is 38.5 Å². The number of para-hydroxylation sites is 1. The van der Waals surface area contributed by atoms with Crippen LogP contribution in [-0.4, -0.2) is 38.3 Å². The van der Waals surface area contributed by atoms with Crippen LogP contribution < -0.4 is 16.0 Å². The third-order valence-corrected chi connectivity index (χ3v) is 5.99. The van der Waals surface area contributed by atoms with E-state index in [0.717, 1.165) is 3.97 Å². The number of aromatic nitrogens is 1. The normalized spacial score (nSPS) is 20.4. The highest BCUT2D eigenvalue weighted by molar-refractivity contribution is 7.90. The molecule has 2 amide bonds. The van der Waals surface area contributed by atoms with E-state index in [-0.39, 0.29) is 22.7 Å². The van der Waals surface area contributed by atoms with Gasteiger partial charge in [-0.2, -0.15) is 0 Å². The van der Waals surface area contributed by atoms with Crippen LogP contribution in [0.2, 0.25) is 0 Å². The van der Waals surface area contributed by atoms with E-state index in [1.807, 2.05) is 0 Å². The predicted molar refractivity (Wildman–Crippen MR) is 91.5 cm³/mol. The van der Waals surface area contributed by atoms with Gasteiger partial charge in [0, 0.05) is 20.3 Å². The van der Waals surface area contributed by atoms with Gasteiger partial charge in [0.15, 0.2) is 5.54 Å². The largest absolute Gasteiger partial charge is 0.365 e. The van der Waals surface area contributed by atoms with Crippen molar-refractivity contribution in [1.29, 1.82) is 0 Å². The SMILES string of the molecule is CNC(=O)CC1(C(=O)NC)Nc2ccccc2S(=O)(=O)n2cccc21. The van der Waals surface area contributed by atoms with Crippen molar-refractivity contribution in [3.8, 4) is 0 Å². The molecule has 2 aromatic rings. The van der Waals surface area contributed by atoms with Crippen LogP contribution in [0, 0.1) is 0 Å². The molecular formula is C16H18N4O4S. The monoisotopic (exact) mass is 362 g/mol. The van der Waals surface area contributed by atoms with Crippen LogP contribution in [0.3, 0.4) is 0 Å². The van der Waals surface area contributed by atoms with Crippen molar-refractivity contribution in [1.82, 2.24) is 14.6 Å². The van der Waals surface area contributed by atoms with Gasteiger partial charge < -0.3 is 16.0 Å². The van der Waals surface area contributed by atoms with Gasteiger partial charge in [0.2, 0.25) is 5.91 Å². The number of likely N-dealkylation sites (N-methyl/N-ethyl adjacent to an activating group) is 1. The minimum Gasteiger partial charge on any atom is -0.365 e. The first-order valence-corrected chi connectivity index (χ1v) is 9.04. The molecule has 0 spiro atoms. The summed E-state index contributed by atoms with van der Waals surface area (Å²) in [6.45, 7) is 0. The predicted octanol–water partition coefficient (Wildman–Crippen LogP) is 0.228. The van der Waals surface area contributed by atoms with Gasteiger partial charge in [-0.05, 0) is 24.3 Å². The fraction of sp³-hybridized carbons (Fsp3) is 0.250. The molecule has 132 valence electrons. The van der Waals surface area contributed by atoms with E-state index in [2.05, 4.69) is 16.0 Å². The summed E-state index contributed by atoms with van der Waals surface area (Å²) in [4.78, 5) is 25.0. The molecule has 0 radical (unpaired) electrons. The van der Waals surface area contributed by atoms with Gasteiger partial charge in [0.25, 0.3) is 15.9 Å². The molecule has 3 N–H and O–H groups in total. The van der Waals surface area contributed by atoms with Crippen LogP contribution in [0.25, 0.3) is 0 Å². The second-order valence-corrected chi connectivity index (χ2v) is 7.43. The Morgan fingerprint density at radius 1 is 1.12 bits per heavy atom. The number of amides is 2. The molecule has 3 rings (SSSR count). The number of carbonyl (C=O) groups excluding carboxylic acids is 2. The Kier molecular flexibility index (Phi) is 4.03. The summed E-state index contributed by atoms with van der Waals surface area (Å²) in [6.07, 6.45) is 1.10. The lowest BCUT2D eigenvalue weighted by molar-refractivity contribution is -0.130. The minimum atomic E-state index is -3.91. The quantitative estimate of drug-likeness (QED) is 0.724. The van der Waals surface area contributed by atoms with E-state index in [4.69, 9.17) is 0 Å². The second-order valence-electron chi connectivity index (χ2n) is 5.65. The van der Waals surface area contributed by atoms with Crippen molar-refractivity contribution in [2.75, 3.05) is 19.4 Å². The first-order chi connectivity index (χ1) is 11.9. The topological polar surface area (TPSA) is 109 Å². The molecule has 2 heterocycles. The van der Waals surface area contributed by atoms with Crippen molar-refractivity contribution < 1.29 is 18.0 Å². The van der Waals surface area contributed by atoms with E-state index >= 15 is 0 Å². The van der Waals surface area contributed by atoms with Crippen molar-refractivity contribution in [3.63, 3.8) is 0 Å². The maximum absolute atomic E-state index is 13.0. The van der Waals surface area contributed by atoms with Gasteiger partial charge in [-0.3, -0.25) is 9.59 Å². The summed E-state index contributed by atoms with van der Waals surface area (Å²) in [5.41, 5.74) is -1.14. The first kappa shape index (κ1) is 17.0. The van der Waals surface area contributed by atoms with Gasteiger partial charge in [-0.25, -0.2) is 12.4 Å². The van der Waals surface area contributed by atoms with Crippen molar-refractivity contribution in [3.05, 3.63) is 48.3 Å². The van der Waals surface area contributed by atoms with Crippen LogP contribution in [0.15, 0.2) is 47.5 Å². The molecular weight excluding hydrogens is 344 g/mol. The van der Waals surface area contributed by atoms with Gasteiger partial charge in [-0.15, -0.1) is 0 Å². The van der Waals surface area contributed by atoms with Crippen molar-refractivity contribution in [2.24, 2.45) is 0 Å². The standard InChI is InChI=1S/C16H18N4O4S/c1-17-14(21)10-16(15(22)18-2)13-8-5-9-20(13)25(23,24)12-7-4-3-6-11(12)19-16/h3-9,19H,10H2,1-2H3,(H,17,21)(H,18,22). The van der Waals surface area contributed by atoms with Crippen molar-refractivity contribution >= 4 is 27.5 Å². The van der Waals surface area contributed by atoms with Crippen LogP contribution in [0.1, 0.15) is 12.1 Å². The summed E-state index contributed by atoms with van der Waals surface area (Å²) in [7, 11) is -1.01. The maximum Gasteiger partial charge on any atom is 0.269 e. The highest BCUT2D eigenvalue weighted by Crippen LogP contribution is 2.39. The van der Waals surface area contributed by atoms with E-state index in [1.54, 1.807) is 18.2 Å². The fourth-order valence-corrected chi connectivity index (χ4v) is 4.60. The maximum atomic E-state index is 13.0. The van der Waals surface area contributed by atoms with Crippen LogP contribution in [-0.2, 0) is 25.2 Å². The van der Waals surface area contributed by atoms with Gasteiger partial charge in [0.05, 0.1) is 17.8 Å². The third-order valence-electron chi connectivity index (χ3n) is 4.24. The molecule has 0 bridgehead atoms. The summed E-state index contributed by atoms with van der Waals surface area (Å²) in [5.74, 6) is -0.913. The smallest absolute Gasteiger partial charge is 0.269 e. The molecule has 0 aliphatic carbocycles. The van der Waals surface area contributed by atoms with Crippen LogP contribution >= 0.6 is 0 Å². The number of nitrogens with one attached hydrogen (secondary N) is 3. The Hall–Kier alpha value is -2.81. The molecule has 0 fully saturated rings. The average molecular weight is 362 g/mol. The lowest BCUT2D eigenvalue weighted by Gasteiger charge is -2.32. The Balaban J connectivity index is 2.36. The first-order valence-electron chi connectivity index (χ1n) is 7.60. The van der Waals surface area contributed by atoms with Crippen molar-refractivity contribution in [2.45, 2.75) is 16.9 Å². The molecule has 1 aromatic heterocycles. The zero-order chi connectivity index (χ0) is 18.2. The number of hydrogen-bond acceptors (Lipinski definition) is 5. The number of carbonyl (C=O) groups is 2. The molecule has 1 aliphatic heterocycles. The van der Waals surface area contributed by atoms with Gasteiger partial charge >= 0.3 is 0 Å². The number of rotatable bonds is 3. The number of hydrogen-bond donors (Lipinski definition) is 3. The van der Waals surface area contributed by atoms with Crippen LogP contribution in [0.5, 0.6) is 0 Å². The molecule has 1 unspecified atom stereocenters. The Morgan fingerprint density at radius 2 is 1.84 bits per heavy atom. The van der Waals surface area contributed by atoms with Gasteiger partial charge in [0.1, 0.15) is 4.90 Å². The number of benzene rings is 1. The van der Waals surface area contributed by atoms with E-state index < -0.39 is 27.4 Å². The second kappa shape index (κ2) is 5.92. The lowest BCUT2D eigenvalue weighted by atomic mass is 9.89.